The number of benzene rings is 1. The monoisotopic (exact) mass is 309 g/mol. The Labute approximate surface area is 130 Å². The van der Waals surface area contributed by atoms with Gasteiger partial charge in [-0.25, -0.2) is 4.39 Å². The molecule has 1 heterocycles. The number of likely N-dealkylation sites (tertiary alicyclic amines) is 1. The zero-order chi connectivity index (χ0) is 15.5. The van der Waals surface area contributed by atoms with E-state index in [2.05, 4.69) is 11.5 Å². The third kappa shape index (κ3) is 4.14. The van der Waals surface area contributed by atoms with Crippen molar-refractivity contribution in [2.24, 2.45) is 0 Å². The highest BCUT2D eigenvalue weighted by atomic mass is 35.5. The van der Waals surface area contributed by atoms with Crippen molar-refractivity contribution in [1.82, 2.24) is 4.90 Å². The van der Waals surface area contributed by atoms with Crippen LogP contribution in [-0.2, 0) is 4.79 Å². The van der Waals surface area contributed by atoms with Crippen molar-refractivity contribution in [1.29, 1.82) is 0 Å². The normalized spacial score (nSPS) is 20.0. The lowest BCUT2D eigenvalue weighted by molar-refractivity contribution is -0.119. The molecule has 2 nitrogen and oxygen atoms in total. The van der Waals surface area contributed by atoms with Gasteiger partial charge in [0.25, 0.3) is 0 Å². The number of carbonyl (C=O) groups is 1. The van der Waals surface area contributed by atoms with Crippen LogP contribution < -0.4 is 0 Å². The van der Waals surface area contributed by atoms with Crippen LogP contribution in [-0.4, -0.2) is 36.0 Å². The number of alkyl halides is 1. The van der Waals surface area contributed by atoms with E-state index in [1.165, 1.54) is 6.08 Å². The number of carbonyl (C=O) groups excluding carboxylic acids is 1. The second-order valence-corrected chi connectivity index (χ2v) is 6.19. The molecule has 1 saturated heterocycles. The number of allylic oxidation sites excluding steroid dienone is 1. The third-order valence-corrected chi connectivity index (χ3v) is 4.51. The number of rotatable bonds is 5. The Kier molecular flexibility index (Phi) is 5.17. The van der Waals surface area contributed by atoms with Crippen molar-refractivity contribution in [3.8, 4) is 0 Å². The quantitative estimate of drug-likeness (QED) is 0.766. The van der Waals surface area contributed by atoms with E-state index in [-0.39, 0.29) is 11.7 Å². The summed E-state index contributed by atoms with van der Waals surface area (Å²) in [4.78, 5) is 14.1. The second kappa shape index (κ2) is 6.71. The molecule has 0 spiro atoms. The van der Waals surface area contributed by atoms with Crippen molar-refractivity contribution >= 4 is 17.4 Å². The number of Topliss-reactive ketones (excluding diaryl/α,β-unsaturated/α-hetero) is 1. The van der Waals surface area contributed by atoms with Gasteiger partial charge in [0.1, 0.15) is 11.5 Å². The van der Waals surface area contributed by atoms with E-state index in [0.717, 1.165) is 5.56 Å². The molecule has 0 bridgehead atoms. The van der Waals surface area contributed by atoms with Crippen LogP contribution in [0.3, 0.4) is 0 Å². The molecule has 1 aromatic rings. The maximum Gasteiger partial charge on any atom is 0.138 e. The van der Waals surface area contributed by atoms with Crippen molar-refractivity contribution in [2.45, 2.75) is 31.4 Å². The Morgan fingerprint density at radius 3 is 2.48 bits per heavy atom. The standard InChI is InChI=1S/C17H21ClFNO/c1-3-17(19)8-10-20(11-9-17)12-16(13(2)21)14-4-6-15(18)7-5-14/h3-7,16H,1,8-12H2,2H3. The minimum Gasteiger partial charge on any atom is -0.302 e. The van der Waals surface area contributed by atoms with E-state index in [9.17, 15) is 9.18 Å². The molecule has 0 N–H and O–H groups in total. The fourth-order valence-electron chi connectivity index (χ4n) is 2.73. The first-order valence-corrected chi connectivity index (χ1v) is 7.62. The van der Waals surface area contributed by atoms with E-state index < -0.39 is 5.67 Å². The van der Waals surface area contributed by atoms with Gasteiger partial charge < -0.3 is 4.90 Å². The summed E-state index contributed by atoms with van der Waals surface area (Å²) in [6.07, 6.45) is 2.30. The van der Waals surface area contributed by atoms with Crippen LogP contribution >= 0.6 is 11.6 Å². The Morgan fingerprint density at radius 1 is 1.43 bits per heavy atom. The molecule has 1 atom stereocenters. The average molecular weight is 310 g/mol. The summed E-state index contributed by atoms with van der Waals surface area (Å²) in [6.45, 7) is 7.10. The first-order chi connectivity index (χ1) is 9.93. The Morgan fingerprint density at radius 2 is 2.00 bits per heavy atom. The van der Waals surface area contributed by atoms with Crippen molar-refractivity contribution in [3.63, 3.8) is 0 Å². The summed E-state index contributed by atoms with van der Waals surface area (Å²) in [6, 6.07) is 7.38. The number of nitrogens with zero attached hydrogens (tertiary/aromatic N) is 1. The molecule has 1 fully saturated rings. The van der Waals surface area contributed by atoms with Gasteiger partial charge in [0.2, 0.25) is 0 Å². The molecule has 0 saturated carbocycles. The Bertz CT molecular complexity index is 506. The largest absolute Gasteiger partial charge is 0.302 e. The molecule has 0 aliphatic carbocycles. The fourth-order valence-corrected chi connectivity index (χ4v) is 2.86. The van der Waals surface area contributed by atoms with Crippen LogP contribution in [0.15, 0.2) is 36.9 Å². The van der Waals surface area contributed by atoms with Gasteiger partial charge in [0.15, 0.2) is 0 Å². The number of ketones is 1. The fraction of sp³-hybridized carbons (Fsp3) is 0.471. The molecule has 1 unspecified atom stereocenters. The topological polar surface area (TPSA) is 20.3 Å². The number of piperidine rings is 1. The highest BCUT2D eigenvalue weighted by Gasteiger charge is 2.32. The number of hydrogen-bond acceptors (Lipinski definition) is 2. The molecule has 1 aromatic carbocycles. The molecule has 1 aliphatic rings. The highest BCUT2D eigenvalue weighted by molar-refractivity contribution is 6.30. The lowest BCUT2D eigenvalue weighted by atomic mass is 9.90. The van der Waals surface area contributed by atoms with Crippen LogP contribution in [0.2, 0.25) is 5.02 Å². The molecule has 0 radical (unpaired) electrons. The average Bonchev–Trinajstić information content (AvgIpc) is 2.48. The van der Waals surface area contributed by atoms with E-state index in [1.807, 2.05) is 12.1 Å². The van der Waals surface area contributed by atoms with Gasteiger partial charge in [-0.1, -0.05) is 36.4 Å². The maximum atomic E-state index is 14.1. The lowest BCUT2D eigenvalue weighted by Crippen LogP contribution is -2.43. The van der Waals surface area contributed by atoms with Crippen LogP contribution in [0.4, 0.5) is 4.39 Å². The second-order valence-electron chi connectivity index (χ2n) is 5.75. The zero-order valence-electron chi connectivity index (χ0n) is 12.3. The summed E-state index contributed by atoms with van der Waals surface area (Å²) >= 11 is 5.89. The predicted molar refractivity (Wildman–Crippen MR) is 84.6 cm³/mol. The maximum absolute atomic E-state index is 14.1. The first-order valence-electron chi connectivity index (χ1n) is 7.24. The summed E-state index contributed by atoms with van der Waals surface area (Å²) in [7, 11) is 0. The van der Waals surface area contributed by atoms with Crippen molar-refractivity contribution < 1.29 is 9.18 Å². The SMILES string of the molecule is C=CC1(F)CCN(CC(C(C)=O)c2ccc(Cl)cc2)CC1. The van der Waals surface area contributed by atoms with Gasteiger partial charge in [-0.3, -0.25) is 4.79 Å². The smallest absolute Gasteiger partial charge is 0.138 e. The minimum absolute atomic E-state index is 0.123. The van der Waals surface area contributed by atoms with Crippen LogP contribution in [0.5, 0.6) is 0 Å². The molecule has 4 heteroatoms. The van der Waals surface area contributed by atoms with Crippen molar-refractivity contribution in [2.75, 3.05) is 19.6 Å². The number of halogens is 2. The van der Waals surface area contributed by atoms with Gasteiger partial charge in [-0.15, -0.1) is 0 Å². The zero-order valence-corrected chi connectivity index (χ0v) is 13.1. The van der Waals surface area contributed by atoms with Crippen LogP contribution in [0, 0.1) is 0 Å². The van der Waals surface area contributed by atoms with Gasteiger partial charge in [0.05, 0.1) is 5.92 Å². The van der Waals surface area contributed by atoms with E-state index in [4.69, 9.17) is 11.6 Å². The lowest BCUT2D eigenvalue weighted by Gasteiger charge is -2.36. The van der Waals surface area contributed by atoms with Gasteiger partial charge >= 0.3 is 0 Å². The number of hydrogen-bond donors (Lipinski definition) is 0. The first kappa shape index (κ1) is 16.2. The molecule has 21 heavy (non-hydrogen) atoms. The van der Waals surface area contributed by atoms with Crippen LogP contribution in [0.1, 0.15) is 31.2 Å². The minimum atomic E-state index is -1.25. The van der Waals surface area contributed by atoms with Gasteiger partial charge in [0, 0.05) is 24.7 Å². The highest BCUT2D eigenvalue weighted by Crippen LogP contribution is 2.29. The molecule has 2 rings (SSSR count). The summed E-state index contributed by atoms with van der Waals surface area (Å²) in [5.41, 5.74) is -0.282. The van der Waals surface area contributed by atoms with E-state index in [1.54, 1.807) is 19.1 Å². The Balaban J connectivity index is 2.03. The van der Waals surface area contributed by atoms with Gasteiger partial charge in [-0.2, -0.15) is 0 Å². The van der Waals surface area contributed by atoms with Crippen LogP contribution in [0.25, 0.3) is 0 Å². The molecule has 1 aliphatic heterocycles. The predicted octanol–water partition coefficient (Wildman–Crippen LogP) is 4.00. The summed E-state index contributed by atoms with van der Waals surface area (Å²) < 4.78 is 14.1. The van der Waals surface area contributed by atoms with E-state index >= 15 is 0 Å². The summed E-state index contributed by atoms with van der Waals surface area (Å²) in [5.74, 6) is -0.0590. The summed E-state index contributed by atoms with van der Waals surface area (Å²) in [5, 5.41) is 0.659. The Hall–Kier alpha value is -1.19. The van der Waals surface area contributed by atoms with Crippen molar-refractivity contribution in [3.05, 3.63) is 47.5 Å². The molecule has 0 aromatic heterocycles. The van der Waals surface area contributed by atoms with E-state index in [0.29, 0.717) is 37.5 Å². The van der Waals surface area contributed by atoms with Gasteiger partial charge in [-0.05, 0) is 37.5 Å². The molecular weight excluding hydrogens is 289 g/mol. The molecule has 114 valence electrons. The third-order valence-electron chi connectivity index (χ3n) is 4.26. The molecule has 0 amide bonds. The molecular formula is C17H21ClFNO.